The molecule has 0 saturated heterocycles. The molecule has 15 nitrogen and oxygen atoms in total. The summed E-state index contributed by atoms with van der Waals surface area (Å²) in [5, 5.41) is 8.37. The van der Waals surface area contributed by atoms with Crippen molar-refractivity contribution in [3.8, 4) is 0 Å². The number of nitrogens with two attached hydrogens (primary N) is 3. The Labute approximate surface area is 231 Å². The molecule has 0 bridgehead atoms. The molecule has 0 aliphatic rings. The first-order valence-corrected chi connectivity index (χ1v) is 15.4. The van der Waals surface area contributed by atoms with Gasteiger partial charge in [-0.25, -0.2) is 20.1 Å². The molecule has 0 saturated carbocycles. The Kier molecular flexibility index (Phi) is 18.2. The number of nitrogens with one attached hydrogen (secondary N) is 2. The fourth-order valence-electron chi connectivity index (χ4n) is 2.77. The highest BCUT2D eigenvalue weighted by Gasteiger charge is 2.27. The molecule has 2 aromatic heterocycles. The molecular formula is C19H38Cl2N8O7P2. The van der Waals surface area contributed by atoms with E-state index in [1.807, 2.05) is 0 Å². The molecule has 2 heterocycles. The van der Waals surface area contributed by atoms with Gasteiger partial charge in [-0.2, -0.15) is 0 Å². The average Bonchev–Trinajstić information content (AvgIpc) is 3.50. The lowest BCUT2D eigenvalue weighted by Crippen LogP contribution is -2.34. The molecule has 4 atom stereocenters. The van der Waals surface area contributed by atoms with E-state index >= 15 is 0 Å². The standard InChI is InChI=1S/C10H20Cl2N5O2P.C8H14N3O5P.CH4/c11-1-3-17(4-2-12)20(14,18)19-7-9(13)5-10-6-15-8-16-10;9-6(1-7-2-10-5-11-7)3-16-17(14,15)4-8(12)13;/h6,8-9H,1-5,7,13H2,(H2,14,18)(H,15,16);2,5-6H,1,3-4,9H2,(H,10,11)(H,12,13)(H,14,15);1H4. The minimum atomic E-state index is -4.10. The fraction of sp³-hybridized carbons (Fsp3) is 0.632. The highest BCUT2D eigenvalue weighted by molar-refractivity contribution is 7.54. The van der Waals surface area contributed by atoms with Crippen LogP contribution in [-0.2, 0) is 35.8 Å². The van der Waals surface area contributed by atoms with Crippen LogP contribution in [0.5, 0.6) is 0 Å². The van der Waals surface area contributed by atoms with E-state index in [1.54, 1.807) is 18.7 Å². The number of rotatable bonds is 17. The van der Waals surface area contributed by atoms with Gasteiger partial charge in [0.25, 0.3) is 0 Å². The van der Waals surface area contributed by atoms with Gasteiger partial charge in [-0.1, -0.05) is 7.43 Å². The van der Waals surface area contributed by atoms with E-state index in [2.05, 4.69) is 24.5 Å². The number of alkyl halides is 2. The van der Waals surface area contributed by atoms with Crippen LogP contribution in [0, 0.1) is 0 Å². The van der Waals surface area contributed by atoms with E-state index in [4.69, 9.17) is 54.7 Å². The average molecular weight is 623 g/mol. The number of nitrogens with zero attached hydrogens (tertiary/aromatic N) is 3. The summed E-state index contributed by atoms with van der Waals surface area (Å²) in [6, 6.07) is -0.842. The number of imidazole rings is 2. The predicted octanol–water partition coefficient (Wildman–Crippen LogP) is 1.34. The third-order valence-corrected chi connectivity index (χ3v) is 7.72. The van der Waals surface area contributed by atoms with Crippen molar-refractivity contribution >= 4 is 44.4 Å². The third kappa shape index (κ3) is 15.9. The number of hydrogen-bond acceptors (Lipinski definition) is 9. The number of aliphatic carboxylic acids is 1. The van der Waals surface area contributed by atoms with Crippen LogP contribution in [0.3, 0.4) is 0 Å². The molecule has 19 heteroatoms. The van der Waals surface area contributed by atoms with Crippen LogP contribution in [0.4, 0.5) is 0 Å². The van der Waals surface area contributed by atoms with Crippen molar-refractivity contribution in [1.82, 2.24) is 24.6 Å². The van der Waals surface area contributed by atoms with Crippen molar-refractivity contribution in [3.63, 3.8) is 0 Å². The zero-order chi connectivity index (χ0) is 27.9. The van der Waals surface area contributed by atoms with E-state index < -0.39 is 33.4 Å². The smallest absolute Gasteiger partial charge is 0.340 e. The van der Waals surface area contributed by atoms with Crippen molar-refractivity contribution < 1.29 is 33.0 Å². The van der Waals surface area contributed by atoms with Crippen LogP contribution in [0.25, 0.3) is 0 Å². The number of hydrogen-bond donors (Lipinski definition) is 7. The van der Waals surface area contributed by atoms with E-state index in [1.165, 1.54) is 11.0 Å². The van der Waals surface area contributed by atoms with Crippen molar-refractivity contribution in [2.75, 3.05) is 44.2 Å². The number of carboxylic acids is 1. The van der Waals surface area contributed by atoms with Crippen molar-refractivity contribution in [2.45, 2.75) is 32.4 Å². The van der Waals surface area contributed by atoms with Crippen LogP contribution in [0.2, 0.25) is 0 Å². The summed E-state index contributed by atoms with van der Waals surface area (Å²) in [5.74, 6) is -0.804. The van der Waals surface area contributed by atoms with E-state index in [0.717, 1.165) is 11.4 Å². The van der Waals surface area contributed by atoms with Gasteiger partial charge in [-0.15, -0.1) is 23.2 Å². The van der Waals surface area contributed by atoms with Gasteiger partial charge in [0.2, 0.25) is 0 Å². The van der Waals surface area contributed by atoms with Crippen LogP contribution in [0.15, 0.2) is 25.0 Å². The summed E-state index contributed by atoms with van der Waals surface area (Å²) in [6.45, 7) is 0.573. The first-order chi connectivity index (χ1) is 17.4. The number of carboxylic acid groups (broad SMARTS) is 1. The van der Waals surface area contributed by atoms with Gasteiger partial charge in [-0.3, -0.25) is 13.9 Å². The molecule has 0 aliphatic carbocycles. The summed E-state index contributed by atoms with van der Waals surface area (Å²) in [5.41, 5.74) is 18.9. The Morgan fingerprint density at radius 2 is 1.45 bits per heavy atom. The number of halogens is 2. The fourth-order valence-corrected chi connectivity index (χ4v) is 5.60. The van der Waals surface area contributed by atoms with E-state index in [9.17, 15) is 13.9 Å². The van der Waals surface area contributed by atoms with Gasteiger partial charge >= 0.3 is 21.2 Å². The summed E-state index contributed by atoms with van der Waals surface area (Å²) in [7, 11) is -7.52. The van der Waals surface area contributed by atoms with E-state index in [0.29, 0.717) is 37.7 Å². The van der Waals surface area contributed by atoms with Gasteiger partial charge in [0.1, 0.15) is 6.16 Å². The predicted molar refractivity (Wildman–Crippen MR) is 146 cm³/mol. The summed E-state index contributed by atoms with van der Waals surface area (Å²) in [4.78, 5) is 32.8. The number of aromatic amines is 2. The monoisotopic (exact) mass is 622 g/mol. The van der Waals surface area contributed by atoms with Gasteiger partial charge < -0.3 is 40.5 Å². The van der Waals surface area contributed by atoms with Crippen LogP contribution >= 0.6 is 38.5 Å². The summed E-state index contributed by atoms with van der Waals surface area (Å²) in [6.07, 6.45) is 6.32. The van der Waals surface area contributed by atoms with Crippen molar-refractivity contribution in [2.24, 2.45) is 17.0 Å². The molecule has 0 radical (unpaired) electrons. The number of H-pyrrole nitrogens is 2. The van der Waals surface area contributed by atoms with Crippen molar-refractivity contribution in [1.29, 1.82) is 0 Å². The summed E-state index contributed by atoms with van der Waals surface area (Å²) >= 11 is 11.3. The molecule has 220 valence electrons. The van der Waals surface area contributed by atoms with Gasteiger partial charge in [0.05, 0.1) is 25.9 Å². The lowest BCUT2D eigenvalue weighted by atomic mass is 10.2. The lowest BCUT2D eigenvalue weighted by Gasteiger charge is -2.27. The van der Waals surface area contributed by atoms with Gasteiger partial charge in [0.15, 0.2) is 0 Å². The molecule has 2 rings (SSSR count). The highest BCUT2D eigenvalue weighted by Crippen LogP contribution is 2.42. The molecule has 38 heavy (non-hydrogen) atoms. The SMILES string of the molecule is C.NC(COP(=O)(O)CC(=O)O)Cc1cnc[nH]1.NC(COP(N)(=O)N(CCCl)CCCl)Cc1cnc[nH]1. The molecule has 0 aliphatic heterocycles. The molecule has 4 unspecified atom stereocenters. The Morgan fingerprint density at radius 1 is 1.00 bits per heavy atom. The van der Waals surface area contributed by atoms with Crippen LogP contribution in [0.1, 0.15) is 18.8 Å². The molecule has 2 aromatic rings. The molecule has 10 N–H and O–H groups in total. The third-order valence-electron chi connectivity index (χ3n) is 4.45. The second kappa shape index (κ2) is 18.9. The molecule has 0 fully saturated rings. The lowest BCUT2D eigenvalue weighted by molar-refractivity contribution is -0.134. The molecule has 0 amide bonds. The first kappa shape index (κ1) is 36.6. The minimum absolute atomic E-state index is 0. The van der Waals surface area contributed by atoms with E-state index in [-0.39, 0.29) is 26.7 Å². The highest BCUT2D eigenvalue weighted by atomic mass is 35.5. The van der Waals surface area contributed by atoms with Gasteiger partial charge in [-0.05, 0) is 0 Å². The normalized spacial score (nSPS) is 15.9. The molecule has 0 aromatic carbocycles. The maximum atomic E-state index is 12.3. The largest absolute Gasteiger partial charge is 0.481 e. The zero-order valence-electron chi connectivity index (χ0n) is 20.0. The molecule has 0 spiro atoms. The summed E-state index contributed by atoms with van der Waals surface area (Å²) < 4.78 is 34.9. The number of carbonyl (C=O) groups is 1. The number of aromatic nitrogens is 4. The Morgan fingerprint density at radius 3 is 1.82 bits per heavy atom. The minimum Gasteiger partial charge on any atom is -0.481 e. The first-order valence-electron chi connectivity index (χ1n) is 10.9. The molecular weight excluding hydrogens is 585 g/mol. The maximum absolute atomic E-state index is 12.3. The quantitative estimate of drug-likeness (QED) is 0.0972. The second-order valence-corrected chi connectivity index (χ2v) is 12.3. The second-order valence-electron chi connectivity index (χ2n) is 7.76. The maximum Gasteiger partial charge on any atom is 0.340 e. The Hall–Kier alpha value is -1.35. The Balaban J connectivity index is 0.000000711. The van der Waals surface area contributed by atoms with Crippen molar-refractivity contribution in [3.05, 3.63) is 36.4 Å². The van der Waals surface area contributed by atoms with Crippen LogP contribution < -0.4 is 17.0 Å². The Bertz CT molecular complexity index is 982. The van der Waals surface area contributed by atoms with Crippen LogP contribution in [-0.4, -0.2) is 96.9 Å². The zero-order valence-corrected chi connectivity index (χ0v) is 23.3. The topological polar surface area (TPSA) is 249 Å². The van der Waals surface area contributed by atoms with Gasteiger partial charge in [0, 0.05) is 73.6 Å².